The molecule has 8 heteroatoms. The molecule has 0 radical (unpaired) electrons. The summed E-state index contributed by atoms with van der Waals surface area (Å²) in [6.45, 7) is 11.6. The van der Waals surface area contributed by atoms with E-state index in [1.165, 1.54) is 16.9 Å². The molecule has 0 bridgehead atoms. The summed E-state index contributed by atoms with van der Waals surface area (Å²) in [5, 5.41) is 13.2. The highest BCUT2D eigenvalue weighted by atomic mass is 32.2. The number of piperidine rings is 1. The number of thiazole rings is 1. The van der Waals surface area contributed by atoms with Crippen LogP contribution in [0.25, 0.3) is 0 Å². The number of aromatic nitrogens is 1. The first-order chi connectivity index (χ1) is 17.0. The van der Waals surface area contributed by atoms with E-state index in [1.807, 2.05) is 55.1 Å². The number of benzene rings is 2. The topological polar surface area (TPSA) is 82.5 Å². The van der Waals surface area contributed by atoms with Crippen molar-refractivity contribution in [3.63, 3.8) is 0 Å². The number of hydrogen-bond acceptors (Lipinski definition) is 6. The van der Waals surface area contributed by atoms with E-state index in [0.717, 1.165) is 20.2 Å². The number of rotatable bonds is 5. The molecule has 0 saturated carbocycles. The van der Waals surface area contributed by atoms with Gasteiger partial charge in [-0.1, -0.05) is 62.1 Å². The quantitative estimate of drug-likeness (QED) is 0.425. The number of anilines is 1. The molecule has 2 aromatic carbocycles. The first-order valence-electron chi connectivity index (χ1n) is 12.2. The molecule has 36 heavy (non-hydrogen) atoms. The third-order valence-electron chi connectivity index (χ3n) is 6.43. The van der Waals surface area contributed by atoms with E-state index in [1.54, 1.807) is 18.0 Å². The van der Waals surface area contributed by atoms with Crippen molar-refractivity contribution < 1.29 is 14.7 Å². The molecule has 2 amide bonds. The van der Waals surface area contributed by atoms with Gasteiger partial charge in [-0.05, 0) is 67.0 Å². The number of hydrogen-bond donors (Lipinski definition) is 2. The number of aliphatic hydroxyl groups is 1. The molecule has 0 atom stereocenters. The van der Waals surface area contributed by atoms with Crippen LogP contribution < -0.4 is 5.32 Å². The highest BCUT2D eigenvalue weighted by Crippen LogP contribution is 2.37. The Hall–Kier alpha value is -2.68. The smallest absolute Gasteiger partial charge is 0.257 e. The molecular formula is C28H33N3O3S2. The first kappa shape index (κ1) is 26.4. The lowest BCUT2D eigenvalue weighted by molar-refractivity contribution is 0.0545. The van der Waals surface area contributed by atoms with Crippen LogP contribution in [0.2, 0.25) is 0 Å². The van der Waals surface area contributed by atoms with Crippen LogP contribution in [-0.4, -0.2) is 46.0 Å². The Bertz CT molecular complexity index is 1250. The lowest BCUT2D eigenvalue weighted by Gasteiger charge is -2.30. The minimum atomic E-state index is -0.317. The minimum Gasteiger partial charge on any atom is -0.393 e. The maximum Gasteiger partial charge on any atom is 0.257 e. The maximum atomic E-state index is 13.2. The predicted octanol–water partition coefficient (Wildman–Crippen LogP) is 6.06. The van der Waals surface area contributed by atoms with E-state index in [2.05, 4.69) is 31.1 Å². The van der Waals surface area contributed by atoms with Crippen molar-refractivity contribution in [2.24, 2.45) is 0 Å². The summed E-state index contributed by atoms with van der Waals surface area (Å²) in [6.07, 6.45) is 2.67. The van der Waals surface area contributed by atoms with Crippen molar-refractivity contribution in [3.05, 3.63) is 70.4 Å². The number of likely N-dealkylation sites (tertiary alicyclic amines) is 1. The highest BCUT2D eigenvalue weighted by molar-refractivity contribution is 8.01. The van der Waals surface area contributed by atoms with Gasteiger partial charge in [0.05, 0.1) is 16.5 Å². The molecule has 1 saturated heterocycles. The molecule has 1 aromatic heterocycles. The number of carbonyl (C=O) groups is 2. The van der Waals surface area contributed by atoms with Crippen molar-refractivity contribution in [2.75, 3.05) is 18.4 Å². The summed E-state index contributed by atoms with van der Waals surface area (Å²) in [5.74, 6) is -0.177. The number of nitrogens with one attached hydrogen (secondary N) is 1. The number of amides is 2. The molecule has 2 heterocycles. The molecule has 190 valence electrons. The van der Waals surface area contributed by atoms with Crippen molar-refractivity contribution in [1.82, 2.24) is 9.88 Å². The normalized spacial score (nSPS) is 14.7. The van der Waals surface area contributed by atoms with Gasteiger partial charge in [-0.3, -0.25) is 14.9 Å². The van der Waals surface area contributed by atoms with Gasteiger partial charge in [0.15, 0.2) is 5.13 Å². The molecule has 6 nitrogen and oxygen atoms in total. The standard InChI is InChI=1S/C28H33N3O3S2/c1-17-14-18(2)23(15-22(17)26(34)31-12-10-21(32)11-13-31)35-24-16-29-27(36-24)30-25(33)19-6-8-20(9-7-19)28(3,4)5/h6-9,14-16,21,32H,10-13H2,1-5H3,(H,29,30,33). The predicted molar refractivity (Wildman–Crippen MR) is 146 cm³/mol. The summed E-state index contributed by atoms with van der Waals surface area (Å²) in [4.78, 5) is 33.1. The van der Waals surface area contributed by atoms with Crippen LogP contribution in [0.5, 0.6) is 0 Å². The lowest BCUT2D eigenvalue weighted by Crippen LogP contribution is -2.40. The zero-order chi connectivity index (χ0) is 26.0. The summed E-state index contributed by atoms with van der Waals surface area (Å²) in [6, 6.07) is 11.7. The fourth-order valence-corrected chi connectivity index (χ4v) is 6.11. The minimum absolute atomic E-state index is 0.0102. The van der Waals surface area contributed by atoms with Gasteiger partial charge in [0, 0.05) is 29.1 Å². The number of aryl methyl sites for hydroxylation is 2. The first-order valence-corrected chi connectivity index (χ1v) is 13.8. The highest BCUT2D eigenvalue weighted by Gasteiger charge is 2.24. The van der Waals surface area contributed by atoms with E-state index in [9.17, 15) is 14.7 Å². The zero-order valence-electron chi connectivity index (χ0n) is 21.4. The lowest BCUT2D eigenvalue weighted by atomic mass is 9.87. The van der Waals surface area contributed by atoms with Crippen LogP contribution in [0.15, 0.2) is 51.7 Å². The number of carbonyl (C=O) groups excluding carboxylic acids is 2. The number of nitrogens with zero attached hydrogens (tertiary/aromatic N) is 2. The third-order valence-corrected chi connectivity index (χ3v) is 8.61. The van der Waals surface area contributed by atoms with E-state index in [-0.39, 0.29) is 23.3 Å². The maximum absolute atomic E-state index is 13.2. The van der Waals surface area contributed by atoms with Crippen LogP contribution in [0.4, 0.5) is 5.13 Å². The summed E-state index contributed by atoms with van der Waals surface area (Å²) < 4.78 is 0.930. The molecular weight excluding hydrogens is 490 g/mol. The van der Waals surface area contributed by atoms with Crippen molar-refractivity contribution in [3.8, 4) is 0 Å². The van der Waals surface area contributed by atoms with Crippen LogP contribution in [-0.2, 0) is 5.41 Å². The van der Waals surface area contributed by atoms with Crippen LogP contribution >= 0.6 is 23.1 Å². The Morgan fingerprint density at radius 3 is 2.39 bits per heavy atom. The molecule has 2 N–H and O–H groups in total. The monoisotopic (exact) mass is 523 g/mol. The Labute approximate surface area is 221 Å². The molecule has 0 aliphatic carbocycles. The van der Waals surface area contributed by atoms with E-state index in [0.29, 0.717) is 42.2 Å². The average Bonchev–Trinajstić information content (AvgIpc) is 3.27. The van der Waals surface area contributed by atoms with Crippen molar-refractivity contribution >= 4 is 40.0 Å². The SMILES string of the molecule is Cc1cc(C)c(C(=O)N2CCC(O)CC2)cc1Sc1cnc(NC(=O)c2ccc(C(C)(C)C)cc2)s1. The molecule has 4 rings (SSSR count). The van der Waals surface area contributed by atoms with Gasteiger partial charge in [-0.15, -0.1) is 0 Å². The van der Waals surface area contributed by atoms with Gasteiger partial charge in [-0.25, -0.2) is 4.98 Å². The van der Waals surface area contributed by atoms with E-state index in [4.69, 9.17) is 0 Å². The Kier molecular flexibility index (Phi) is 7.87. The van der Waals surface area contributed by atoms with E-state index >= 15 is 0 Å². The van der Waals surface area contributed by atoms with Gasteiger partial charge >= 0.3 is 0 Å². The van der Waals surface area contributed by atoms with Gasteiger partial charge in [-0.2, -0.15) is 0 Å². The van der Waals surface area contributed by atoms with Gasteiger partial charge < -0.3 is 10.0 Å². The summed E-state index contributed by atoms with van der Waals surface area (Å²) in [7, 11) is 0. The van der Waals surface area contributed by atoms with Crippen LogP contribution in [0.3, 0.4) is 0 Å². The largest absolute Gasteiger partial charge is 0.393 e. The van der Waals surface area contributed by atoms with E-state index < -0.39 is 0 Å². The summed E-state index contributed by atoms with van der Waals surface area (Å²) in [5.41, 5.74) is 4.53. The fraction of sp³-hybridized carbons (Fsp3) is 0.393. The average molecular weight is 524 g/mol. The second-order valence-corrected chi connectivity index (χ2v) is 12.7. The zero-order valence-corrected chi connectivity index (χ0v) is 23.1. The number of aliphatic hydroxyl groups excluding tert-OH is 1. The van der Waals surface area contributed by atoms with Crippen molar-refractivity contribution in [1.29, 1.82) is 0 Å². The van der Waals surface area contributed by atoms with Crippen molar-refractivity contribution in [2.45, 2.75) is 68.1 Å². The van der Waals surface area contributed by atoms with Gasteiger partial charge in [0.1, 0.15) is 0 Å². The molecule has 0 spiro atoms. The second-order valence-electron chi connectivity index (χ2n) is 10.3. The fourth-order valence-electron chi connectivity index (χ4n) is 4.18. The van der Waals surface area contributed by atoms with Gasteiger partial charge in [0.25, 0.3) is 11.8 Å². The molecule has 1 aliphatic rings. The Morgan fingerprint density at radius 1 is 1.08 bits per heavy atom. The Balaban J connectivity index is 1.45. The van der Waals surface area contributed by atoms with Gasteiger partial charge in [0.2, 0.25) is 0 Å². The van der Waals surface area contributed by atoms with Crippen LogP contribution in [0.1, 0.15) is 71.0 Å². The third kappa shape index (κ3) is 6.17. The van der Waals surface area contributed by atoms with Crippen LogP contribution in [0, 0.1) is 13.8 Å². The molecule has 1 aliphatic heterocycles. The summed E-state index contributed by atoms with van der Waals surface area (Å²) >= 11 is 2.95. The molecule has 3 aromatic rings. The second kappa shape index (κ2) is 10.7. The Morgan fingerprint density at radius 2 is 1.75 bits per heavy atom. The molecule has 1 fully saturated rings. The molecule has 0 unspecified atom stereocenters.